The Morgan fingerprint density at radius 1 is 1.25 bits per heavy atom. The van der Waals surface area contributed by atoms with Gasteiger partial charge < -0.3 is 15.1 Å². The lowest BCUT2D eigenvalue weighted by Crippen LogP contribution is -2.32. The van der Waals surface area contributed by atoms with Gasteiger partial charge in [-0.2, -0.15) is 0 Å². The SMILES string of the molecule is CC(CCN(C)C)NCCCN1CCCC1. The van der Waals surface area contributed by atoms with E-state index in [0.29, 0.717) is 6.04 Å². The fourth-order valence-corrected chi connectivity index (χ4v) is 2.21. The average Bonchev–Trinajstić information content (AvgIpc) is 2.74. The summed E-state index contributed by atoms with van der Waals surface area (Å²) in [6.45, 7) is 8.59. The van der Waals surface area contributed by atoms with E-state index in [4.69, 9.17) is 0 Å². The Kier molecular flexibility index (Phi) is 7.01. The average molecular weight is 227 g/mol. The van der Waals surface area contributed by atoms with Crippen LogP contribution in [-0.4, -0.2) is 62.7 Å². The molecule has 0 aliphatic carbocycles. The van der Waals surface area contributed by atoms with Crippen LogP contribution in [0.25, 0.3) is 0 Å². The molecule has 1 N–H and O–H groups in total. The molecule has 1 unspecified atom stereocenters. The minimum Gasteiger partial charge on any atom is -0.314 e. The lowest BCUT2D eigenvalue weighted by Gasteiger charge is -2.18. The Morgan fingerprint density at radius 3 is 2.56 bits per heavy atom. The maximum absolute atomic E-state index is 3.61. The van der Waals surface area contributed by atoms with E-state index >= 15 is 0 Å². The quantitative estimate of drug-likeness (QED) is 0.632. The second-order valence-corrected chi connectivity index (χ2v) is 5.35. The zero-order valence-corrected chi connectivity index (χ0v) is 11.3. The number of nitrogens with zero attached hydrogens (tertiary/aromatic N) is 2. The number of hydrogen-bond donors (Lipinski definition) is 1. The minimum atomic E-state index is 0.654. The van der Waals surface area contributed by atoms with Gasteiger partial charge in [0.2, 0.25) is 0 Å². The molecule has 3 nitrogen and oxygen atoms in total. The minimum absolute atomic E-state index is 0.654. The lowest BCUT2D eigenvalue weighted by atomic mass is 10.2. The van der Waals surface area contributed by atoms with Crippen LogP contribution in [0.15, 0.2) is 0 Å². The highest BCUT2D eigenvalue weighted by atomic mass is 15.1. The van der Waals surface area contributed by atoms with Crippen LogP contribution in [0.5, 0.6) is 0 Å². The molecule has 1 rings (SSSR count). The Bertz CT molecular complexity index is 165. The van der Waals surface area contributed by atoms with Gasteiger partial charge in [-0.25, -0.2) is 0 Å². The Balaban J connectivity index is 1.89. The van der Waals surface area contributed by atoms with Gasteiger partial charge in [-0.15, -0.1) is 0 Å². The van der Waals surface area contributed by atoms with Crippen LogP contribution in [0.3, 0.4) is 0 Å². The summed E-state index contributed by atoms with van der Waals surface area (Å²) >= 11 is 0. The highest BCUT2D eigenvalue weighted by Crippen LogP contribution is 2.06. The molecule has 0 aromatic rings. The van der Waals surface area contributed by atoms with Crippen LogP contribution >= 0.6 is 0 Å². The van der Waals surface area contributed by atoms with E-state index in [-0.39, 0.29) is 0 Å². The van der Waals surface area contributed by atoms with Crippen molar-refractivity contribution in [2.24, 2.45) is 0 Å². The van der Waals surface area contributed by atoms with Crippen molar-refractivity contribution < 1.29 is 0 Å². The maximum atomic E-state index is 3.61. The first kappa shape index (κ1) is 13.9. The van der Waals surface area contributed by atoms with Crippen molar-refractivity contribution in [3.63, 3.8) is 0 Å². The predicted molar refractivity (Wildman–Crippen MR) is 70.9 cm³/mol. The van der Waals surface area contributed by atoms with Crippen LogP contribution in [0.1, 0.15) is 32.6 Å². The van der Waals surface area contributed by atoms with Crippen molar-refractivity contribution in [1.82, 2.24) is 15.1 Å². The summed E-state index contributed by atoms with van der Waals surface area (Å²) in [6, 6.07) is 0.654. The van der Waals surface area contributed by atoms with Crippen molar-refractivity contribution in [3.8, 4) is 0 Å². The Hall–Kier alpha value is -0.120. The summed E-state index contributed by atoms with van der Waals surface area (Å²) in [7, 11) is 4.28. The molecule has 0 saturated carbocycles. The molecule has 1 fully saturated rings. The van der Waals surface area contributed by atoms with Crippen molar-refractivity contribution in [2.45, 2.75) is 38.6 Å². The van der Waals surface area contributed by atoms with E-state index in [9.17, 15) is 0 Å². The third-order valence-corrected chi connectivity index (χ3v) is 3.35. The highest BCUT2D eigenvalue weighted by molar-refractivity contribution is 4.67. The summed E-state index contributed by atoms with van der Waals surface area (Å²) in [5, 5.41) is 3.61. The first-order valence-electron chi connectivity index (χ1n) is 6.79. The highest BCUT2D eigenvalue weighted by Gasteiger charge is 2.10. The fourth-order valence-electron chi connectivity index (χ4n) is 2.21. The molecule has 0 aromatic heterocycles. The van der Waals surface area contributed by atoms with Crippen LogP contribution in [0, 0.1) is 0 Å². The molecule has 0 amide bonds. The molecule has 0 spiro atoms. The van der Waals surface area contributed by atoms with E-state index in [1.807, 2.05) is 0 Å². The van der Waals surface area contributed by atoms with Crippen LogP contribution in [0.2, 0.25) is 0 Å². The van der Waals surface area contributed by atoms with Gasteiger partial charge in [-0.1, -0.05) is 0 Å². The summed E-state index contributed by atoms with van der Waals surface area (Å²) in [5.74, 6) is 0. The van der Waals surface area contributed by atoms with Gasteiger partial charge in [0, 0.05) is 6.04 Å². The maximum Gasteiger partial charge on any atom is 0.00509 e. The lowest BCUT2D eigenvalue weighted by molar-refractivity contribution is 0.322. The van der Waals surface area contributed by atoms with Gasteiger partial charge in [-0.3, -0.25) is 0 Å². The van der Waals surface area contributed by atoms with Gasteiger partial charge >= 0.3 is 0 Å². The first-order chi connectivity index (χ1) is 7.68. The molecule has 1 aliphatic rings. The topological polar surface area (TPSA) is 18.5 Å². The van der Waals surface area contributed by atoms with Gasteiger partial charge in [0.25, 0.3) is 0 Å². The summed E-state index contributed by atoms with van der Waals surface area (Å²) in [5.41, 5.74) is 0. The molecule has 3 heteroatoms. The van der Waals surface area contributed by atoms with E-state index < -0.39 is 0 Å². The summed E-state index contributed by atoms with van der Waals surface area (Å²) < 4.78 is 0. The van der Waals surface area contributed by atoms with Crippen molar-refractivity contribution >= 4 is 0 Å². The smallest absolute Gasteiger partial charge is 0.00509 e. The molecule has 96 valence electrons. The normalized spacial score (nSPS) is 19.5. The van der Waals surface area contributed by atoms with Crippen LogP contribution in [0.4, 0.5) is 0 Å². The largest absolute Gasteiger partial charge is 0.314 e. The number of nitrogens with one attached hydrogen (secondary N) is 1. The molecular weight excluding hydrogens is 198 g/mol. The molecule has 1 atom stereocenters. The zero-order chi connectivity index (χ0) is 11.8. The zero-order valence-electron chi connectivity index (χ0n) is 11.3. The van der Waals surface area contributed by atoms with Crippen molar-refractivity contribution in [1.29, 1.82) is 0 Å². The van der Waals surface area contributed by atoms with E-state index in [1.165, 1.54) is 58.4 Å². The Morgan fingerprint density at radius 2 is 1.94 bits per heavy atom. The summed E-state index contributed by atoms with van der Waals surface area (Å²) in [4.78, 5) is 4.84. The number of rotatable bonds is 8. The van der Waals surface area contributed by atoms with E-state index in [2.05, 4.69) is 36.1 Å². The molecule has 0 aromatic carbocycles. The van der Waals surface area contributed by atoms with Crippen LogP contribution in [-0.2, 0) is 0 Å². The van der Waals surface area contributed by atoms with Crippen molar-refractivity contribution in [2.75, 3.05) is 46.8 Å². The van der Waals surface area contributed by atoms with Gasteiger partial charge in [0.15, 0.2) is 0 Å². The predicted octanol–water partition coefficient (Wildman–Crippen LogP) is 1.40. The second-order valence-electron chi connectivity index (χ2n) is 5.35. The standard InChI is InChI=1S/C13H29N3/c1-13(7-12-15(2)3)14-8-6-11-16-9-4-5-10-16/h13-14H,4-12H2,1-3H3. The number of hydrogen-bond acceptors (Lipinski definition) is 3. The van der Waals surface area contributed by atoms with E-state index in [1.54, 1.807) is 0 Å². The molecule has 1 aliphatic heterocycles. The molecule has 1 saturated heterocycles. The molecule has 16 heavy (non-hydrogen) atoms. The van der Waals surface area contributed by atoms with Crippen LogP contribution < -0.4 is 5.32 Å². The van der Waals surface area contributed by atoms with Gasteiger partial charge in [0.1, 0.15) is 0 Å². The Labute approximate surface area is 101 Å². The van der Waals surface area contributed by atoms with Gasteiger partial charge in [0.05, 0.1) is 0 Å². The monoisotopic (exact) mass is 227 g/mol. The second kappa shape index (κ2) is 8.04. The molecule has 0 bridgehead atoms. The number of likely N-dealkylation sites (tertiary alicyclic amines) is 1. The molecule has 1 heterocycles. The van der Waals surface area contributed by atoms with Crippen molar-refractivity contribution in [3.05, 3.63) is 0 Å². The molecule has 0 radical (unpaired) electrons. The van der Waals surface area contributed by atoms with E-state index in [0.717, 1.165) is 0 Å². The fraction of sp³-hybridized carbons (Fsp3) is 1.00. The first-order valence-corrected chi connectivity index (χ1v) is 6.79. The molecular formula is C13H29N3. The third kappa shape index (κ3) is 6.46. The summed E-state index contributed by atoms with van der Waals surface area (Å²) in [6.07, 6.45) is 5.36. The third-order valence-electron chi connectivity index (χ3n) is 3.35. The van der Waals surface area contributed by atoms with Gasteiger partial charge in [-0.05, 0) is 79.4 Å².